The van der Waals surface area contributed by atoms with Gasteiger partial charge in [-0.05, 0) is 35.4 Å². The van der Waals surface area contributed by atoms with Gasteiger partial charge >= 0.3 is 34.5 Å². The summed E-state index contributed by atoms with van der Waals surface area (Å²) < 4.78 is 22.4. The van der Waals surface area contributed by atoms with Crippen molar-refractivity contribution >= 4 is 51.6 Å². The third-order valence-corrected chi connectivity index (χ3v) is 10.4. The minimum atomic E-state index is -0.881. The van der Waals surface area contributed by atoms with Crippen LogP contribution in [-0.2, 0) is 15.1 Å². The van der Waals surface area contributed by atoms with Crippen LogP contribution in [0.4, 0.5) is 0 Å². The van der Waals surface area contributed by atoms with Crippen molar-refractivity contribution in [2.75, 3.05) is 40.2 Å². The second kappa shape index (κ2) is 17.0. The quantitative estimate of drug-likeness (QED) is 0.128. The number of carbonyl (C=O) groups is 1. The van der Waals surface area contributed by atoms with Crippen molar-refractivity contribution < 1.29 is 38.9 Å². The number of halogens is 2. The Morgan fingerprint density at radius 3 is 1.33 bits per heavy atom. The molecule has 4 N–H and O–H groups in total. The molecule has 4 aromatic carbocycles. The summed E-state index contributed by atoms with van der Waals surface area (Å²) in [6.07, 6.45) is 0. The second-order valence-electron chi connectivity index (χ2n) is 10.7. The van der Waals surface area contributed by atoms with E-state index in [0.29, 0.717) is 34.1 Å². The van der Waals surface area contributed by atoms with Gasteiger partial charge in [-0.15, -0.1) is 0 Å². The van der Waals surface area contributed by atoms with Crippen LogP contribution in [0, 0.1) is 0 Å². The summed E-state index contributed by atoms with van der Waals surface area (Å²) in [5, 5.41) is 2.10. The first kappa shape index (κ1) is 35.6. The first-order valence-electron chi connectivity index (χ1n) is 14.2. The number of ether oxygens (including phenoxy) is 4. The summed E-state index contributed by atoms with van der Waals surface area (Å²) in [6.45, 7) is 8.97. The zero-order valence-corrected chi connectivity index (χ0v) is 30.7. The van der Waals surface area contributed by atoms with Gasteiger partial charge in [-0.25, -0.2) is 0 Å². The number of nitrogens with two attached hydrogens (primary N) is 2. The topological polar surface area (TPSA) is 106 Å². The van der Waals surface area contributed by atoms with E-state index in [9.17, 15) is 4.79 Å². The summed E-state index contributed by atoms with van der Waals surface area (Å²) in [5.74, 6) is 2.32. The number of ketones is 1. The predicted octanol–water partition coefficient (Wildman–Crippen LogP) is 6.34. The summed E-state index contributed by atoms with van der Waals surface area (Å²) >= 11 is -0.346. The molecule has 12 heteroatoms. The zero-order chi connectivity index (χ0) is 32.5. The Morgan fingerprint density at radius 1 is 0.644 bits per heavy atom. The molecule has 0 amide bonds. The molecule has 238 valence electrons. The fourth-order valence-electron chi connectivity index (χ4n) is 5.12. The molecular formula is C33H38Cl2N2O5P2Ru+4. The molecule has 0 fully saturated rings. The van der Waals surface area contributed by atoms with E-state index in [0.717, 1.165) is 21.7 Å². The predicted molar refractivity (Wildman–Crippen MR) is 187 cm³/mol. The maximum atomic E-state index is 13.8. The van der Waals surface area contributed by atoms with Crippen molar-refractivity contribution in [1.82, 2.24) is 0 Å². The van der Waals surface area contributed by atoms with E-state index in [1.807, 2.05) is 84.9 Å². The van der Waals surface area contributed by atoms with Crippen molar-refractivity contribution in [3.63, 3.8) is 0 Å². The van der Waals surface area contributed by atoms with Crippen LogP contribution in [0.25, 0.3) is 0 Å². The first-order valence-corrected chi connectivity index (χ1v) is 23.6. The minimum absolute atomic E-state index is 0.0582. The SMILES string of the molecule is C[PH+](C)c1ccc2c(c1C(=O)c1c([PH+](C)C)ccc3c1OCO3)OCO2.NC(c1ccccc1)C(N)c1ccccc1.[Cl][Ru+2][Cl]. The van der Waals surface area contributed by atoms with Crippen LogP contribution in [0.1, 0.15) is 39.1 Å². The van der Waals surface area contributed by atoms with Gasteiger partial charge in [0.15, 0.2) is 23.0 Å². The van der Waals surface area contributed by atoms with E-state index in [1.165, 1.54) is 0 Å². The Kier molecular flexibility index (Phi) is 13.5. The molecule has 0 spiro atoms. The second-order valence-corrected chi connectivity index (χ2v) is 18.4. The number of rotatable bonds is 7. The van der Waals surface area contributed by atoms with Gasteiger partial charge in [0.2, 0.25) is 19.4 Å². The fraction of sp³-hybridized carbons (Fsp3) is 0.242. The monoisotopic (exact) mass is 776 g/mol. The van der Waals surface area contributed by atoms with Gasteiger partial charge < -0.3 is 30.4 Å². The molecule has 0 bridgehead atoms. The third-order valence-electron chi connectivity index (χ3n) is 7.37. The first-order chi connectivity index (χ1) is 21.7. The zero-order valence-electron chi connectivity index (χ0n) is 25.5. The van der Waals surface area contributed by atoms with Crippen LogP contribution in [0.2, 0.25) is 0 Å². The Labute approximate surface area is 283 Å². The van der Waals surface area contributed by atoms with E-state index >= 15 is 0 Å². The van der Waals surface area contributed by atoms with Crippen LogP contribution in [0.5, 0.6) is 23.0 Å². The van der Waals surface area contributed by atoms with Crippen LogP contribution in [0.15, 0.2) is 84.9 Å². The molecule has 7 nitrogen and oxygen atoms in total. The number of benzene rings is 4. The van der Waals surface area contributed by atoms with E-state index in [4.69, 9.17) is 49.8 Å². The van der Waals surface area contributed by atoms with Gasteiger partial charge in [0, 0.05) is 27.9 Å². The third kappa shape index (κ3) is 8.56. The molecule has 0 aromatic heterocycles. The molecule has 0 saturated heterocycles. The molecule has 2 aliphatic heterocycles. The maximum absolute atomic E-state index is 13.8. The summed E-state index contributed by atoms with van der Waals surface area (Å²) in [6, 6.07) is 27.4. The van der Waals surface area contributed by atoms with Gasteiger partial charge in [-0.1, -0.05) is 60.7 Å². The Balaban J connectivity index is 0.000000207. The van der Waals surface area contributed by atoms with E-state index in [2.05, 4.69) is 26.7 Å². The molecule has 2 unspecified atom stereocenters. The molecular weight excluding hydrogens is 738 g/mol. The van der Waals surface area contributed by atoms with Gasteiger partial charge in [0.25, 0.3) is 0 Å². The van der Waals surface area contributed by atoms with Gasteiger partial charge in [-0.3, -0.25) is 4.79 Å². The van der Waals surface area contributed by atoms with Crippen molar-refractivity contribution in [2.24, 2.45) is 11.5 Å². The Bertz CT molecular complexity index is 1470. The van der Waals surface area contributed by atoms with Crippen molar-refractivity contribution in [3.8, 4) is 23.0 Å². The normalized spacial score (nSPS) is 13.8. The molecule has 2 atom stereocenters. The van der Waals surface area contributed by atoms with Crippen LogP contribution < -0.4 is 41.0 Å². The van der Waals surface area contributed by atoms with Crippen LogP contribution >= 0.6 is 35.2 Å². The fourth-order valence-corrected chi connectivity index (χ4v) is 7.41. The standard InChI is InChI=1S/C19H20O5P2.C14H16N2.2ClH.Ru/c1-25(2)13-7-5-11-18(23-9-21-11)15(13)17(20)16-14(26(3)4)8-6-12-19(16)24-10-22-12;15-13(11-7-3-1-4-8-11)14(16)12-9-5-2-6-10-12;;;/h5-8H,9-10H2,1-4H3;1-10,13-14H,15-16H2;2*1H;/q;;;;+4. The average Bonchev–Trinajstić information content (AvgIpc) is 3.74. The molecule has 0 aliphatic carbocycles. The van der Waals surface area contributed by atoms with E-state index < -0.39 is 15.8 Å². The molecule has 45 heavy (non-hydrogen) atoms. The summed E-state index contributed by atoms with van der Waals surface area (Å²) in [7, 11) is 7.95. The Hall–Kier alpha value is -2.27. The van der Waals surface area contributed by atoms with Gasteiger partial charge in [-0.2, -0.15) is 0 Å². The Morgan fingerprint density at radius 2 is 1.00 bits per heavy atom. The molecule has 0 radical (unpaired) electrons. The van der Waals surface area contributed by atoms with Crippen molar-refractivity contribution in [2.45, 2.75) is 12.1 Å². The molecule has 4 aromatic rings. The molecule has 0 saturated carbocycles. The summed E-state index contributed by atoms with van der Waals surface area (Å²) in [5.41, 5.74) is 15.7. The average molecular weight is 777 g/mol. The summed E-state index contributed by atoms with van der Waals surface area (Å²) in [4.78, 5) is 13.8. The van der Waals surface area contributed by atoms with Gasteiger partial charge in [0.1, 0.15) is 21.7 Å². The number of fused-ring (bicyclic) bond motifs is 2. The molecule has 6 rings (SSSR count). The number of hydrogen-bond acceptors (Lipinski definition) is 7. The van der Waals surface area contributed by atoms with Crippen LogP contribution in [-0.4, -0.2) is 46.0 Å². The molecule has 2 aliphatic rings. The number of hydrogen-bond donors (Lipinski definition) is 2. The van der Waals surface area contributed by atoms with E-state index in [1.54, 1.807) is 0 Å². The van der Waals surface area contributed by atoms with E-state index in [-0.39, 0.29) is 46.6 Å². The van der Waals surface area contributed by atoms with Crippen molar-refractivity contribution in [3.05, 3.63) is 107 Å². The molecule has 2 heterocycles. The van der Waals surface area contributed by atoms with Gasteiger partial charge in [0.05, 0.1) is 26.7 Å². The number of carbonyl (C=O) groups excluding carboxylic acids is 1. The van der Waals surface area contributed by atoms with Crippen LogP contribution in [0.3, 0.4) is 0 Å². The van der Waals surface area contributed by atoms with Crippen molar-refractivity contribution in [1.29, 1.82) is 0 Å².